The Bertz CT molecular complexity index is 383. The van der Waals surface area contributed by atoms with Crippen molar-refractivity contribution in [2.75, 3.05) is 0 Å². The Labute approximate surface area is 86.3 Å². The molecule has 3 nitrogen and oxygen atoms in total. The molecular weight excluding hydrogens is 202 g/mol. The van der Waals surface area contributed by atoms with Gasteiger partial charge in [-0.1, -0.05) is 11.6 Å². The largest absolute Gasteiger partial charge is 0.487 e. The van der Waals surface area contributed by atoms with Gasteiger partial charge in [-0.3, -0.25) is 0 Å². The van der Waals surface area contributed by atoms with Crippen molar-refractivity contribution in [3.63, 3.8) is 0 Å². The number of furan rings is 1. The van der Waals surface area contributed by atoms with Gasteiger partial charge in [0, 0.05) is 5.56 Å². The zero-order valence-corrected chi connectivity index (χ0v) is 8.07. The molecular formula is C10H8ClNO2. The van der Waals surface area contributed by atoms with Crippen LogP contribution in [0.3, 0.4) is 0 Å². The molecule has 0 saturated carbocycles. The van der Waals surface area contributed by atoms with Crippen LogP contribution >= 0.6 is 11.6 Å². The van der Waals surface area contributed by atoms with Gasteiger partial charge in [0.25, 0.3) is 0 Å². The molecule has 0 radical (unpaired) electrons. The van der Waals surface area contributed by atoms with Crippen molar-refractivity contribution in [1.29, 1.82) is 0 Å². The molecule has 0 fully saturated rings. The minimum absolute atomic E-state index is 0.459. The average molecular weight is 210 g/mol. The molecule has 72 valence electrons. The molecule has 0 atom stereocenters. The van der Waals surface area contributed by atoms with E-state index in [9.17, 15) is 0 Å². The summed E-state index contributed by atoms with van der Waals surface area (Å²) in [5.74, 6) is 0.690. The van der Waals surface area contributed by atoms with Gasteiger partial charge in [0.15, 0.2) is 0 Å². The Morgan fingerprint density at radius 3 is 2.93 bits per heavy atom. The highest BCUT2D eigenvalue weighted by molar-refractivity contribution is 6.29. The fourth-order valence-corrected chi connectivity index (χ4v) is 1.10. The molecule has 0 N–H and O–H groups in total. The summed E-state index contributed by atoms with van der Waals surface area (Å²) in [7, 11) is 0. The summed E-state index contributed by atoms with van der Waals surface area (Å²) < 4.78 is 10.3. The van der Waals surface area contributed by atoms with Crippen molar-refractivity contribution < 1.29 is 9.15 Å². The zero-order chi connectivity index (χ0) is 9.80. The van der Waals surface area contributed by atoms with E-state index in [0.717, 1.165) is 5.56 Å². The van der Waals surface area contributed by atoms with Crippen molar-refractivity contribution in [2.24, 2.45) is 0 Å². The van der Waals surface area contributed by atoms with Gasteiger partial charge in [0.1, 0.15) is 17.5 Å². The lowest BCUT2D eigenvalue weighted by Gasteiger charge is -2.02. The van der Waals surface area contributed by atoms with Gasteiger partial charge >= 0.3 is 0 Å². The van der Waals surface area contributed by atoms with Crippen LogP contribution in [0.5, 0.6) is 5.75 Å². The lowest BCUT2D eigenvalue weighted by Crippen LogP contribution is -1.93. The summed E-state index contributed by atoms with van der Waals surface area (Å²) >= 11 is 5.63. The molecule has 2 rings (SSSR count). The van der Waals surface area contributed by atoms with Crippen molar-refractivity contribution in [1.82, 2.24) is 4.98 Å². The number of nitrogens with zero attached hydrogens (tertiary/aromatic N) is 1. The molecule has 4 heteroatoms. The van der Waals surface area contributed by atoms with E-state index in [0.29, 0.717) is 17.5 Å². The van der Waals surface area contributed by atoms with Crippen LogP contribution in [0.1, 0.15) is 5.56 Å². The summed E-state index contributed by atoms with van der Waals surface area (Å²) in [5.41, 5.74) is 0.986. The van der Waals surface area contributed by atoms with Crippen molar-refractivity contribution in [3.8, 4) is 5.75 Å². The normalized spacial score (nSPS) is 10.1. The van der Waals surface area contributed by atoms with Crippen LogP contribution in [0.4, 0.5) is 0 Å². The SMILES string of the molecule is Clc1ccc(OCc2ccoc2)cn1. The lowest BCUT2D eigenvalue weighted by molar-refractivity contribution is 0.303. The lowest BCUT2D eigenvalue weighted by atomic mass is 10.4. The molecule has 14 heavy (non-hydrogen) atoms. The molecule has 2 heterocycles. The first kappa shape index (κ1) is 9.09. The van der Waals surface area contributed by atoms with E-state index in [1.165, 1.54) is 0 Å². The maximum absolute atomic E-state index is 5.63. The van der Waals surface area contributed by atoms with E-state index >= 15 is 0 Å². The van der Waals surface area contributed by atoms with Crippen molar-refractivity contribution in [2.45, 2.75) is 6.61 Å². The summed E-state index contributed by atoms with van der Waals surface area (Å²) in [6.07, 6.45) is 4.84. The topological polar surface area (TPSA) is 35.3 Å². The first-order valence-electron chi connectivity index (χ1n) is 4.10. The van der Waals surface area contributed by atoms with Gasteiger partial charge < -0.3 is 9.15 Å². The first-order chi connectivity index (χ1) is 6.84. The molecule has 0 unspecified atom stereocenters. The molecule has 0 aliphatic rings. The van der Waals surface area contributed by atoms with E-state index < -0.39 is 0 Å². The number of halogens is 1. The number of aromatic nitrogens is 1. The Balaban J connectivity index is 1.95. The van der Waals surface area contributed by atoms with E-state index in [2.05, 4.69) is 4.98 Å². The van der Waals surface area contributed by atoms with Crippen LogP contribution in [0, 0.1) is 0 Å². The van der Waals surface area contributed by atoms with E-state index in [1.807, 2.05) is 6.07 Å². The minimum Gasteiger partial charge on any atom is -0.487 e. The van der Waals surface area contributed by atoms with E-state index in [4.69, 9.17) is 20.8 Å². The van der Waals surface area contributed by atoms with Gasteiger partial charge in [-0.25, -0.2) is 4.98 Å². The number of rotatable bonds is 3. The fraction of sp³-hybridized carbons (Fsp3) is 0.100. The third-order valence-electron chi connectivity index (χ3n) is 1.69. The fourth-order valence-electron chi connectivity index (χ4n) is 0.989. The second kappa shape index (κ2) is 4.15. The van der Waals surface area contributed by atoms with Gasteiger partial charge in [-0.2, -0.15) is 0 Å². The third kappa shape index (κ3) is 2.26. The van der Waals surface area contributed by atoms with Gasteiger partial charge in [0.2, 0.25) is 0 Å². The minimum atomic E-state index is 0.459. The number of ether oxygens (including phenoxy) is 1. The van der Waals surface area contributed by atoms with Gasteiger partial charge in [0.05, 0.1) is 18.7 Å². The highest BCUT2D eigenvalue weighted by Gasteiger charge is 1.97. The molecule has 0 spiro atoms. The molecule has 0 saturated heterocycles. The maximum atomic E-state index is 5.63. The zero-order valence-electron chi connectivity index (χ0n) is 7.31. The third-order valence-corrected chi connectivity index (χ3v) is 1.91. The molecule has 0 aliphatic heterocycles. The quantitative estimate of drug-likeness (QED) is 0.730. The second-order valence-electron chi connectivity index (χ2n) is 2.74. The maximum Gasteiger partial charge on any atom is 0.138 e. The average Bonchev–Trinajstić information content (AvgIpc) is 2.70. The Morgan fingerprint density at radius 2 is 2.29 bits per heavy atom. The smallest absolute Gasteiger partial charge is 0.138 e. The first-order valence-corrected chi connectivity index (χ1v) is 4.48. The van der Waals surface area contributed by atoms with Crippen LogP contribution in [-0.2, 0) is 6.61 Å². The van der Waals surface area contributed by atoms with Crippen LogP contribution in [0.25, 0.3) is 0 Å². The highest BCUT2D eigenvalue weighted by Crippen LogP contribution is 2.13. The standard InChI is InChI=1S/C10H8ClNO2/c11-10-2-1-9(5-12-10)14-7-8-3-4-13-6-8/h1-6H,7H2. The van der Waals surface area contributed by atoms with E-state index in [-0.39, 0.29) is 0 Å². The van der Waals surface area contributed by atoms with Crippen molar-refractivity contribution in [3.05, 3.63) is 47.6 Å². The van der Waals surface area contributed by atoms with Crippen molar-refractivity contribution >= 4 is 11.6 Å². The predicted molar refractivity (Wildman–Crippen MR) is 52.3 cm³/mol. The molecule has 0 bridgehead atoms. The summed E-state index contributed by atoms with van der Waals surface area (Å²) in [4.78, 5) is 3.90. The van der Waals surface area contributed by atoms with Crippen LogP contribution in [0.15, 0.2) is 41.3 Å². The van der Waals surface area contributed by atoms with E-state index in [1.54, 1.807) is 30.9 Å². The van der Waals surface area contributed by atoms with Crippen LogP contribution in [-0.4, -0.2) is 4.98 Å². The number of pyridine rings is 1. The predicted octanol–water partition coefficient (Wildman–Crippen LogP) is 2.91. The highest BCUT2D eigenvalue weighted by atomic mass is 35.5. The molecule has 0 amide bonds. The second-order valence-corrected chi connectivity index (χ2v) is 3.12. The molecule has 0 aliphatic carbocycles. The van der Waals surface area contributed by atoms with Gasteiger partial charge in [-0.05, 0) is 18.2 Å². The summed E-state index contributed by atoms with van der Waals surface area (Å²) in [6, 6.07) is 5.31. The Morgan fingerprint density at radius 1 is 1.36 bits per heavy atom. The number of hydrogen-bond donors (Lipinski definition) is 0. The number of hydrogen-bond acceptors (Lipinski definition) is 3. The molecule has 2 aromatic rings. The van der Waals surface area contributed by atoms with Crippen LogP contribution in [0.2, 0.25) is 5.15 Å². The Hall–Kier alpha value is -1.48. The monoisotopic (exact) mass is 209 g/mol. The Kier molecular flexibility index (Phi) is 2.70. The summed E-state index contributed by atoms with van der Waals surface area (Å²) in [6.45, 7) is 0.472. The summed E-state index contributed by atoms with van der Waals surface area (Å²) in [5, 5.41) is 0.459. The van der Waals surface area contributed by atoms with Gasteiger partial charge in [-0.15, -0.1) is 0 Å². The van der Waals surface area contributed by atoms with Crippen LogP contribution < -0.4 is 4.74 Å². The molecule has 0 aromatic carbocycles. The molecule has 2 aromatic heterocycles.